The zero-order valence-corrected chi connectivity index (χ0v) is 21.7. The second-order valence-electron chi connectivity index (χ2n) is 9.50. The summed E-state index contributed by atoms with van der Waals surface area (Å²) in [4.78, 5) is 2.34. The second kappa shape index (κ2) is 11.5. The first-order valence-corrected chi connectivity index (χ1v) is 13.3. The van der Waals surface area contributed by atoms with Gasteiger partial charge in [0.05, 0.1) is 0 Å². The largest absolute Gasteiger partial charge is 0.310 e. The number of nitrogens with zero attached hydrogens (tertiary/aromatic N) is 1. The standard InChI is InChI=1S/C38H29N/c1-4-12-30(13-5-1)22-23-31-24-26-36(27-25-31)39(37-20-10-18-34(28-37)32-14-6-2-7-15-32)38-21-11-19-35(29-38)33-16-8-3-9-17-33/h1-29H. The Kier molecular flexibility index (Phi) is 7.14. The summed E-state index contributed by atoms with van der Waals surface area (Å²) in [6.45, 7) is 0. The first-order chi connectivity index (χ1) is 19.3. The summed E-state index contributed by atoms with van der Waals surface area (Å²) in [5, 5.41) is 0. The van der Waals surface area contributed by atoms with Gasteiger partial charge < -0.3 is 4.90 Å². The molecule has 186 valence electrons. The Morgan fingerprint density at radius 2 is 0.718 bits per heavy atom. The zero-order chi connectivity index (χ0) is 26.3. The highest BCUT2D eigenvalue weighted by Crippen LogP contribution is 2.38. The summed E-state index contributed by atoms with van der Waals surface area (Å²) in [7, 11) is 0. The number of rotatable bonds is 7. The van der Waals surface area contributed by atoms with Gasteiger partial charge in [-0.05, 0) is 69.8 Å². The first kappa shape index (κ1) is 24.2. The van der Waals surface area contributed by atoms with E-state index in [-0.39, 0.29) is 0 Å². The molecule has 0 aliphatic carbocycles. The van der Waals surface area contributed by atoms with Gasteiger partial charge in [-0.1, -0.05) is 140 Å². The van der Waals surface area contributed by atoms with Gasteiger partial charge in [0, 0.05) is 17.1 Å². The summed E-state index contributed by atoms with van der Waals surface area (Å²) in [5.41, 5.74) is 10.5. The lowest BCUT2D eigenvalue weighted by atomic mass is 10.0. The second-order valence-corrected chi connectivity index (χ2v) is 9.50. The molecule has 0 saturated carbocycles. The smallest absolute Gasteiger partial charge is 0.0467 e. The van der Waals surface area contributed by atoms with Crippen molar-refractivity contribution >= 4 is 29.2 Å². The van der Waals surface area contributed by atoms with Gasteiger partial charge in [0.1, 0.15) is 0 Å². The van der Waals surface area contributed by atoms with E-state index >= 15 is 0 Å². The number of hydrogen-bond acceptors (Lipinski definition) is 1. The molecule has 6 aromatic rings. The van der Waals surface area contributed by atoms with Gasteiger partial charge in [0.2, 0.25) is 0 Å². The molecular weight excluding hydrogens is 470 g/mol. The predicted molar refractivity (Wildman–Crippen MR) is 167 cm³/mol. The lowest BCUT2D eigenvalue weighted by molar-refractivity contribution is 1.28. The van der Waals surface area contributed by atoms with Crippen LogP contribution in [0.15, 0.2) is 164 Å². The highest BCUT2D eigenvalue weighted by atomic mass is 15.1. The summed E-state index contributed by atoms with van der Waals surface area (Å²) < 4.78 is 0. The van der Waals surface area contributed by atoms with Gasteiger partial charge in [-0.15, -0.1) is 0 Å². The molecular formula is C38H29N. The van der Waals surface area contributed by atoms with Crippen LogP contribution in [0.4, 0.5) is 17.1 Å². The van der Waals surface area contributed by atoms with Crippen molar-refractivity contribution in [1.82, 2.24) is 0 Å². The van der Waals surface area contributed by atoms with E-state index in [9.17, 15) is 0 Å². The Hall–Kier alpha value is -5.14. The van der Waals surface area contributed by atoms with Crippen molar-refractivity contribution in [1.29, 1.82) is 0 Å². The van der Waals surface area contributed by atoms with Gasteiger partial charge in [-0.2, -0.15) is 0 Å². The van der Waals surface area contributed by atoms with Crippen molar-refractivity contribution in [3.8, 4) is 22.3 Å². The third-order valence-corrected chi connectivity index (χ3v) is 6.84. The van der Waals surface area contributed by atoms with Crippen LogP contribution in [0.5, 0.6) is 0 Å². The maximum absolute atomic E-state index is 2.34. The number of benzene rings is 6. The Morgan fingerprint density at radius 1 is 0.308 bits per heavy atom. The van der Waals surface area contributed by atoms with E-state index in [2.05, 4.69) is 175 Å². The van der Waals surface area contributed by atoms with Gasteiger partial charge in [0.15, 0.2) is 0 Å². The van der Waals surface area contributed by atoms with E-state index in [1.165, 1.54) is 33.4 Å². The Balaban J connectivity index is 1.41. The fourth-order valence-electron chi connectivity index (χ4n) is 4.85. The van der Waals surface area contributed by atoms with Crippen LogP contribution in [0.3, 0.4) is 0 Å². The van der Waals surface area contributed by atoms with Crippen molar-refractivity contribution in [2.75, 3.05) is 4.90 Å². The Morgan fingerprint density at radius 3 is 1.21 bits per heavy atom. The van der Waals surface area contributed by atoms with Crippen LogP contribution in [0, 0.1) is 0 Å². The molecule has 0 aromatic heterocycles. The molecule has 0 spiro atoms. The first-order valence-electron chi connectivity index (χ1n) is 13.3. The highest BCUT2D eigenvalue weighted by Gasteiger charge is 2.14. The van der Waals surface area contributed by atoms with Crippen LogP contribution in [-0.4, -0.2) is 0 Å². The molecule has 0 bridgehead atoms. The quantitative estimate of drug-likeness (QED) is 0.197. The number of hydrogen-bond donors (Lipinski definition) is 0. The maximum Gasteiger partial charge on any atom is 0.0467 e. The van der Waals surface area contributed by atoms with Crippen LogP contribution >= 0.6 is 0 Å². The lowest BCUT2D eigenvalue weighted by Gasteiger charge is -2.26. The molecule has 6 aromatic carbocycles. The lowest BCUT2D eigenvalue weighted by Crippen LogP contribution is -2.10. The van der Waals surface area contributed by atoms with Gasteiger partial charge in [-0.3, -0.25) is 0 Å². The van der Waals surface area contributed by atoms with Crippen molar-refractivity contribution in [3.05, 3.63) is 175 Å². The van der Waals surface area contributed by atoms with Crippen LogP contribution in [0.2, 0.25) is 0 Å². The van der Waals surface area contributed by atoms with Crippen molar-refractivity contribution in [2.24, 2.45) is 0 Å². The zero-order valence-electron chi connectivity index (χ0n) is 21.7. The molecule has 0 aliphatic rings. The van der Waals surface area contributed by atoms with E-state index in [0.717, 1.165) is 17.1 Å². The molecule has 39 heavy (non-hydrogen) atoms. The minimum Gasteiger partial charge on any atom is -0.310 e. The van der Waals surface area contributed by atoms with Gasteiger partial charge in [0.25, 0.3) is 0 Å². The van der Waals surface area contributed by atoms with Gasteiger partial charge in [-0.25, -0.2) is 0 Å². The number of anilines is 3. The minimum atomic E-state index is 1.11. The monoisotopic (exact) mass is 499 g/mol. The molecule has 0 saturated heterocycles. The summed E-state index contributed by atoms with van der Waals surface area (Å²) in [5.74, 6) is 0. The highest BCUT2D eigenvalue weighted by molar-refractivity contribution is 5.83. The molecule has 0 atom stereocenters. The van der Waals surface area contributed by atoms with E-state index < -0.39 is 0 Å². The molecule has 1 nitrogen and oxygen atoms in total. The fourth-order valence-corrected chi connectivity index (χ4v) is 4.85. The predicted octanol–water partition coefficient (Wildman–Crippen LogP) is 10.7. The average Bonchev–Trinajstić information content (AvgIpc) is 3.02. The van der Waals surface area contributed by atoms with Crippen LogP contribution in [0.25, 0.3) is 34.4 Å². The van der Waals surface area contributed by atoms with Crippen molar-refractivity contribution in [2.45, 2.75) is 0 Å². The average molecular weight is 500 g/mol. The van der Waals surface area contributed by atoms with Crippen LogP contribution in [-0.2, 0) is 0 Å². The minimum absolute atomic E-state index is 1.11. The normalized spacial score (nSPS) is 11.0. The molecule has 0 heterocycles. The molecule has 0 unspecified atom stereocenters. The molecule has 1 heteroatoms. The molecule has 0 amide bonds. The van der Waals surface area contributed by atoms with Crippen LogP contribution < -0.4 is 4.90 Å². The Bertz CT molecular complexity index is 1590. The van der Waals surface area contributed by atoms with E-state index in [4.69, 9.17) is 0 Å². The maximum atomic E-state index is 2.34. The molecule has 0 N–H and O–H groups in total. The summed E-state index contributed by atoms with van der Waals surface area (Å²) in [6.07, 6.45) is 4.31. The van der Waals surface area contributed by atoms with Crippen LogP contribution in [0.1, 0.15) is 11.1 Å². The third kappa shape index (κ3) is 5.74. The third-order valence-electron chi connectivity index (χ3n) is 6.84. The van der Waals surface area contributed by atoms with E-state index in [1.54, 1.807) is 0 Å². The summed E-state index contributed by atoms with van der Waals surface area (Å²) >= 11 is 0. The summed E-state index contributed by atoms with van der Waals surface area (Å²) in [6, 6.07) is 57.8. The van der Waals surface area contributed by atoms with Crippen molar-refractivity contribution < 1.29 is 0 Å². The molecule has 0 fully saturated rings. The van der Waals surface area contributed by atoms with Gasteiger partial charge >= 0.3 is 0 Å². The van der Waals surface area contributed by atoms with E-state index in [1.807, 2.05) is 6.07 Å². The van der Waals surface area contributed by atoms with E-state index in [0.29, 0.717) is 0 Å². The SMILES string of the molecule is C(=Cc1ccc(N(c2cccc(-c3ccccc3)c2)c2cccc(-c3ccccc3)c2)cc1)c1ccccc1. The molecule has 0 radical (unpaired) electrons. The molecule has 0 aliphatic heterocycles. The topological polar surface area (TPSA) is 3.24 Å². The molecule has 6 rings (SSSR count). The fraction of sp³-hybridized carbons (Fsp3) is 0. The Labute approximate surface area is 231 Å². The van der Waals surface area contributed by atoms with Crippen molar-refractivity contribution in [3.63, 3.8) is 0 Å².